The molecule has 0 aromatic rings. The van der Waals surface area contributed by atoms with E-state index in [1.165, 1.54) is 25.9 Å². The summed E-state index contributed by atoms with van der Waals surface area (Å²) in [5.74, 6) is -0.187. The topological polar surface area (TPSA) is 43.8 Å². The maximum absolute atomic E-state index is 10.8. The molecule has 1 rings (SSSR count). The molecular weight excluding hydrogens is 216 g/mol. The van der Waals surface area contributed by atoms with E-state index < -0.39 is 5.97 Å². The number of likely N-dealkylation sites (tertiary alicyclic amines) is 1. The van der Waals surface area contributed by atoms with Crippen LogP contribution in [0.3, 0.4) is 0 Å². The SMILES string of the molecule is CC(C)CN(CCCN1CCCC1)CC(=O)O. The predicted molar refractivity (Wildman–Crippen MR) is 69.2 cm³/mol. The van der Waals surface area contributed by atoms with Gasteiger partial charge in [-0.15, -0.1) is 0 Å². The number of hydrogen-bond acceptors (Lipinski definition) is 3. The van der Waals surface area contributed by atoms with Gasteiger partial charge in [0.05, 0.1) is 6.54 Å². The Kier molecular flexibility index (Phi) is 6.52. The lowest BCUT2D eigenvalue weighted by Crippen LogP contribution is -2.35. The molecule has 0 aromatic carbocycles. The molecule has 1 aliphatic heterocycles. The zero-order chi connectivity index (χ0) is 12.7. The van der Waals surface area contributed by atoms with Gasteiger partial charge in [-0.05, 0) is 51.4 Å². The number of aliphatic carboxylic acids is 1. The van der Waals surface area contributed by atoms with Crippen molar-refractivity contribution in [1.82, 2.24) is 9.80 Å². The molecule has 1 saturated heterocycles. The fourth-order valence-corrected chi connectivity index (χ4v) is 2.47. The van der Waals surface area contributed by atoms with Gasteiger partial charge < -0.3 is 10.0 Å². The Morgan fingerprint density at radius 3 is 2.53 bits per heavy atom. The fourth-order valence-electron chi connectivity index (χ4n) is 2.47. The number of hydrogen-bond donors (Lipinski definition) is 1. The highest BCUT2D eigenvalue weighted by Crippen LogP contribution is 2.08. The standard InChI is InChI=1S/C13H26N2O2/c1-12(2)10-15(11-13(16)17)9-5-8-14-6-3-4-7-14/h12H,3-11H2,1-2H3,(H,16,17). The average molecular weight is 242 g/mol. The summed E-state index contributed by atoms with van der Waals surface area (Å²) in [6, 6.07) is 0. The smallest absolute Gasteiger partial charge is 0.317 e. The molecule has 0 bridgehead atoms. The van der Waals surface area contributed by atoms with E-state index in [1.54, 1.807) is 0 Å². The summed E-state index contributed by atoms with van der Waals surface area (Å²) in [5.41, 5.74) is 0. The maximum Gasteiger partial charge on any atom is 0.317 e. The minimum atomic E-state index is -0.716. The molecule has 0 aliphatic carbocycles. The Balaban J connectivity index is 2.19. The quantitative estimate of drug-likeness (QED) is 0.701. The van der Waals surface area contributed by atoms with Gasteiger partial charge in [0.25, 0.3) is 0 Å². The Labute approximate surface area is 105 Å². The van der Waals surface area contributed by atoms with Crippen LogP contribution in [-0.4, -0.2) is 60.1 Å². The van der Waals surface area contributed by atoms with Crippen molar-refractivity contribution < 1.29 is 9.90 Å². The minimum absolute atomic E-state index is 0.179. The molecule has 1 heterocycles. The highest BCUT2D eigenvalue weighted by atomic mass is 16.4. The molecule has 0 aromatic heterocycles. The summed E-state index contributed by atoms with van der Waals surface area (Å²) < 4.78 is 0. The van der Waals surface area contributed by atoms with E-state index in [0.717, 1.165) is 26.1 Å². The lowest BCUT2D eigenvalue weighted by atomic mass is 10.2. The number of carboxylic acid groups (broad SMARTS) is 1. The Bertz CT molecular complexity index is 225. The average Bonchev–Trinajstić information content (AvgIpc) is 2.68. The van der Waals surface area contributed by atoms with Gasteiger partial charge >= 0.3 is 5.97 Å². The molecule has 4 nitrogen and oxygen atoms in total. The minimum Gasteiger partial charge on any atom is -0.480 e. The molecule has 4 heteroatoms. The second-order valence-corrected chi connectivity index (χ2v) is 5.43. The fraction of sp³-hybridized carbons (Fsp3) is 0.923. The van der Waals surface area contributed by atoms with E-state index in [9.17, 15) is 4.79 Å². The van der Waals surface area contributed by atoms with Crippen LogP contribution in [0, 0.1) is 5.92 Å². The van der Waals surface area contributed by atoms with Gasteiger partial charge in [0.1, 0.15) is 0 Å². The van der Waals surface area contributed by atoms with Gasteiger partial charge in [-0.25, -0.2) is 0 Å². The second-order valence-electron chi connectivity index (χ2n) is 5.43. The second kappa shape index (κ2) is 7.67. The van der Waals surface area contributed by atoms with Crippen LogP contribution in [0.25, 0.3) is 0 Å². The third-order valence-corrected chi connectivity index (χ3v) is 3.13. The van der Waals surface area contributed by atoms with Crippen molar-refractivity contribution in [3.63, 3.8) is 0 Å². The van der Waals surface area contributed by atoms with Crippen LogP contribution >= 0.6 is 0 Å². The molecule has 17 heavy (non-hydrogen) atoms. The molecule has 1 N–H and O–H groups in total. The normalized spacial score (nSPS) is 17.2. The van der Waals surface area contributed by atoms with E-state index in [-0.39, 0.29) is 6.54 Å². The maximum atomic E-state index is 10.8. The molecule has 0 saturated carbocycles. The van der Waals surface area contributed by atoms with Gasteiger partial charge in [-0.2, -0.15) is 0 Å². The van der Waals surface area contributed by atoms with Crippen molar-refractivity contribution in [2.75, 3.05) is 39.3 Å². The van der Waals surface area contributed by atoms with E-state index in [0.29, 0.717) is 5.92 Å². The largest absolute Gasteiger partial charge is 0.480 e. The van der Waals surface area contributed by atoms with Gasteiger partial charge in [0.2, 0.25) is 0 Å². The summed E-state index contributed by atoms with van der Waals surface area (Å²) in [5, 5.41) is 8.86. The Morgan fingerprint density at radius 2 is 2.00 bits per heavy atom. The first-order chi connectivity index (χ1) is 8.08. The summed E-state index contributed by atoms with van der Waals surface area (Å²) in [7, 11) is 0. The van der Waals surface area contributed by atoms with Crippen LogP contribution in [0.15, 0.2) is 0 Å². The highest BCUT2D eigenvalue weighted by molar-refractivity contribution is 5.69. The molecule has 1 fully saturated rings. The Hall–Kier alpha value is -0.610. The molecular formula is C13H26N2O2. The van der Waals surface area contributed by atoms with Crippen LogP contribution < -0.4 is 0 Å². The van der Waals surface area contributed by atoms with Crippen molar-refractivity contribution in [3.8, 4) is 0 Å². The monoisotopic (exact) mass is 242 g/mol. The van der Waals surface area contributed by atoms with Crippen LogP contribution in [0.2, 0.25) is 0 Å². The van der Waals surface area contributed by atoms with Crippen molar-refractivity contribution in [2.45, 2.75) is 33.1 Å². The molecule has 0 spiro atoms. The van der Waals surface area contributed by atoms with Crippen LogP contribution in [0.1, 0.15) is 33.1 Å². The third-order valence-electron chi connectivity index (χ3n) is 3.13. The van der Waals surface area contributed by atoms with Gasteiger partial charge in [0, 0.05) is 6.54 Å². The van der Waals surface area contributed by atoms with Crippen LogP contribution in [0.4, 0.5) is 0 Å². The van der Waals surface area contributed by atoms with Crippen molar-refractivity contribution in [1.29, 1.82) is 0 Å². The van der Waals surface area contributed by atoms with Gasteiger partial charge in [-0.1, -0.05) is 13.8 Å². The van der Waals surface area contributed by atoms with Crippen molar-refractivity contribution in [3.05, 3.63) is 0 Å². The number of rotatable bonds is 8. The molecule has 0 atom stereocenters. The first kappa shape index (κ1) is 14.5. The Morgan fingerprint density at radius 1 is 1.35 bits per heavy atom. The highest BCUT2D eigenvalue weighted by Gasteiger charge is 2.14. The van der Waals surface area contributed by atoms with Crippen molar-refractivity contribution in [2.24, 2.45) is 5.92 Å². The summed E-state index contributed by atoms with van der Waals surface area (Å²) in [6.45, 7) is 9.80. The van der Waals surface area contributed by atoms with Crippen LogP contribution in [0.5, 0.6) is 0 Å². The van der Waals surface area contributed by atoms with Crippen molar-refractivity contribution >= 4 is 5.97 Å². The molecule has 1 aliphatic rings. The zero-order valence-electron chi connectivity index (χ0n) is 11.2. The number of carboxylic acids is 1. The third kappa shape index (κ3) is 6.64. The summed E-state index contributed by atoms with van der Waals surface area (Å²) in [4.78, 5) is 15.3. The van der Waals surface area contributed by atoms with E-state index in [2.05, 4.69) is 23.6 Å². The lowest BCUT2D eigenvalue weighted by Gasteiger charge is -2.23. The lowest BCUT2D eigenvalue weighted by molar-refractivity contribution is -0.138. The van der Waals surface area contributed by atoms with Crippen LogP contribution in [-0.2, 0) is 4.79 Å². The number of carbonyl (C=O) groups is 1. The molecule has 0 unspecified atom stereocenters. The first-order valence-corrected chi connectivity index (χ1v) is 6.74. The van der Waals surface area contributed by atoms with E-state index in [1.807, 2.05) is 0 Å². The summed E-state index contributed by atoms with van der Waals surface area (Å²) in [6.07, 6.45) is 3.73. The van der Waals surface area contributed by atoms with Gasteiger partial charge in [-0.3, -0.25) is 9.69 Å². The number of nitrogens with zero attached hydrogens (tertiary/aromatic N) is 2. The zero-order valence-corrected chi connectivity index (χ0v) is 11.2. The van der Waals surface area contributed by atoms with E-state index in [4.69, 9.17) is 5.11 Å². The first-order valence-electron chi connectivity index (χ1n) is 6.74. The molecule has 100 valence electrons. The molecule has 0 radical (unpaired) electrons. The van der Waals surface area contributed by atoms with E-state index >= 15 is 0 Å². The predicted octanol–water partition coefficient (Wildman–Crippen LogP) is 1.51. The molecule has 0 amide bonds. The summed E-state index contributed by atoms with van der Waals surface area (Å²) >= 11 is 0. The van der Waals surface area contributed by atoms with Gasteiger partial charge in [0.15, 0.2) is 0 Å².